The zero-order chi connectivity index (χ0) is 11.7. The molecule has 17 heavy (non-hydrogen) atoms. The molecule has 1 aliphatic rings. The molecule has 86 valence electrons. The van der Waals surface area contributed by atoms with E-state index in [4.69, 9.17) is 9.15 Å². The minimum absolute atomic E-state index is 0.0784. The minimum atomic E-state index is 0.0784. The van der Waals surface area contributed by atoms with Gasteiger partial charge in [0, 0.05) is 12.0 Å². The smallest absolute Gasteiger partial charge is 0.170 e. The highest BCUT2D eigenvalue weighted by Gasteiger charge is 2.15. The predicted molar refractivity (Wildman–Crippen MR) is 62.4 cm³/mol. The van der Waals surface area contributed by atoms with E-state index in [2.05, 4.69) is 0 Å². The molecule has 0 amide bonds. The second-order valence-corrected chi connectivity index (χ2v) is 4.10. The second-order valence-electron chi connectivity index (χ2n) is 4.10. The number of fused-ring (bicyclic) bond motifs is 1. The van der Waals surface area contributed by atoms with Crippen molar-refractivity contribution in [2.75, 3.05) is 6.61 Å². The van der Waals surface area contributed by atoms with Gasteiger partial charge in [-0.15, -0.1) is 0 Å². The fourth-order valence-corrected chi connectivity index (χ4v) is 2.03. The first-order valence-corrected chi connectivity index (χ1v) is 5.64. The Balaban J connectivity index is 1.82. The number of ether oxygens (including phenoxy) is 1. The number of furan rings is 1. The van der Waals surface area contributed by atoms with E-state index in [1.807, 2.05) is 24.3 Å². The Morgan fingerprint density at radius 2 is 2.24 bits per heavy atom. The molecule has 0 fully saturated rings. The van der Waals surface area contributed by atoms with Gasteiger partial charge >= 0.3 is 0 Å². The van der Waals surface area contributed by atoms with E-state index in [1.165, 1.54) is 0 Å². The van der Waals surface area contributed by atoms with Gasteiger partial charge in [-0.2, -0.15) is 0 Å². The maximum absolute atomic E-state index is 12.0. The van der Waals surface area contributed by atoms with Crippen LogP contribution in [0.1, 0.15) is 21.7 Å². The van der Waals surface area contributed by atoms with Crippen LogP contribution in [-0.4, -0.2) is 12.4 Å². The normalized spacial score (nSPS) is 13.2. The number of ketones is 1. The van der Waals surface area contributed by atoms with Crippen LogP contribution in [0.2, 0.25) is 0 Å². The maximum atomic E-state index is 12.0. The van der Waals surface area contributed by atoms with Crippen molar-refractivity contribution in [3.63, 3.8) is 0 Å². The average Bonchev–Trinajstić information content (AvgIpc) is 2.97. The fourth-order valence-electron chi connectivity index (χ4n) is 2.03. The highest BCUT2D eigenvalue weighted by molar-refractivity contribution is 5.97. The zero-order valence-corrected chi connectivity index (χ0v) is 9.31. The average molecular weight is 228 g/mol. The Morgan fingerprint density at radius 3 is 3.06 bits per heavy atom. The SMILES string of the molecule is O=C(Cc1ccco1)c1ccc2c(c1)CCO2. The molecule has 3 heteroatoms. The van der Waals surface area contributed by atoms with Gasteiger partial charge < -0.3 is 9.15 Å². The summed E-state index contributed by atoms with van der Waals surface area (Å²) >= 11 is 0. The lowest BCUT2D eigenvalue weighted by molar-refractivity contribution is 0.0987. The molecular formula is C14H12O3. The Morgan fingerprint density at radius 1 is 1.29 bits per heavy atom. The van der Waals surface area contributed by atoms with E-state index in [0.717, 1.165) is 23.3 Å². The molecule has 0 atom stereocenters. The number of benzene rings is 1. The van der Waals surface area contributed by atoms with E-state index in [-0.39, 0.29) is 5.78 Å². The third kappa shape index (κ3) is 1.96. The van der Waals surface area contributed by atoms with Gasteiger partial charge in [0.25, 0.3) is 0 Å². The van der Waals surface area contributed by atoms with Crippen molar-refractivity contribution in [3.05, 3.63) is 53.5 Å². The van der Waals surface area contributed by atoms with E-state index in [0.29, 0.717) is 18.8 Å². The maximum Gasteiger partial charge on any atom is 0.170 e. The quantitative estimate of drug-likeness (QED) is 0.758. The minimum Gasteiger partial charge on any atom is -0.493 e. The molecule has 1 aromatic heterocycles. The van der Waals surface area contributed by atoms with Crippen molar-refractivity contribution < 1.29 is 13.9 Å². The van der Waals surface area contributed by atoms with Crippen LogP contribution in [0.15, 0.2) is 41.0 Å². The summed E-state index contributed by atoms with van der Waals surface area (Å²) in [6.45, 7) is 0.713. The molecule has 0 saturated carbocycles. The number of rotatable bonds is 3. The number of hydrogen-bond acceptors (Lipinski definition) is 3. The van der Waals surface area contributed by atoms with Crippen molar-refractivity contribution in [3.8, 4) is 5.75 Å². The summed E-state index contributed by atoms with van der Waals surface area (Å²) in [5, 5.41) is 0. The molecule has 0 bridgehead atoms. The summed E-state index contributed by atoms with van der Waals surface area (Å²) in [5.41, 5.74) is 1.85. The fraction of sp³-hybridized carbons (Fsp3) is 0.214. The lowest BCUT2D eigenvalue weighted by Gasteiger charge is -2.02. The molecular weight excluding hydrogens is 216 g/mol. The van der Waals surface area contributed by atoms with Crippen LogP contribution in [-0.2, 0) is 12.8 Å². The molecule has 2 aromatic rings. The summed E-state index contributed by atoms with van der Waals surface area (Å²) in [5.74, 6) is 1.68. The molecule has 2 heterocycles. The molecule has 3 nitrogen and oxygen atoms in total. The standard InChI is InChI=1S/C14H12O3/c15-13(9-12-2-1-6-16-12)10-3-4-14-11(8-10)5-7-17-14/h1-4,6,8H,5,7,9H2. The molecule has 3 rings (SSSR count). The van der Waals surface area contributed by atoms with Crippen LogP contribution < -0.4 is 4.74 Å². The summed E-state index contributed by atoms with van der Waals surface area (Å²) in [4.78, 5) is 12.0. The number of Topliss-reactive ketones (excluding diaryl/α,β-unsaturated/α-hetero) is 1. The highest BCUT2D eigenvalue weighted by Crippen LogP contribution is 2.26. The summed E-state index contributed by atoms with van der Waals surface area (Å²) in [7, 11) is 0. The van der Waals surface area contributed by atoms with Crippen LogP contribution in [0.5, 0.6) is 5.75 Å². The van der Waals surface area contributed by atoms with Crippen LogP contribution in [0.4, 0.5) is 0 Å². The monoisotopic (exact) mass is 228 g/mol. The summed E-state index contributed by atoms with van der Waals surface area (Å²) in [6, 6.07) is 9.22. The molecule has 0 radical (unpaired) electrons. The van der Waals surface area contributed by atoms with E-state index in [1.54, 1.807) is 12.3 Å². The van der Waals surface area contributed by atoms with Crippen molar-refractivity contribution >= 4 is 5.78 Å². The summed E-state index contributed by atoms with van der Waals surface area (Å²) < 4.78 is 10.6. The third-order valence-electron chi connectivity index (χ3n) is 2.93. The van der Waals surface area contributed by atoms with Gasteiger partial charge in [-0.25, -0.2) is 0 Å². The van der Waals surface area contributed by atoms with Crippen LogP contribution in [0, 0.1) is 0 Å². The van der Waals surface area contributed by atoms with Crippen molar-refractivity contribution in [2.24, 2.45) is 0 Å². The van der Waals surface area contributed by atoms with Gasteiger partial charge in [-0.05, 0) is 35.9 Å². The van der Waals surface area contributed by atoms with Crippen LogP contribution >= 0.6 is 0 Å². The first-order chi connectivity index (χ1) is 8.33. The van der Waals surface area contributed by atoms with Crippen LogP contribution in [0.25, 0.3) is 0 Å². The second kappa shape index (κ2) is 4.09. The van der Waals surface area contributed by atoms with Gasteiger partial charge in [-0.1, -0.05) is 0 Å². The number of carbonyl (C=O) groups is 1. The molecule has 1 aliphatic heterocycles. The Kier molecular flexibility index (Phi) is 2.44. The van der Waals surface area contributed by atoms with Crippen molar-refractivity contribution in [2.45, 2.75) is 12.8 Å². The van der Waals surface area contributed by atoms with E-state index < -0.39 is 0 Å². The first kappa shape index (κ1) is 10.1. The Hall–Kier alpha value is -2.03. The lowest BCUT2D eigenvalue weighted by atomic mass is 10.0. The molecule has 0 spiro atoms. The third-order valence-corrected chi connectivity index (χ3v) is 2.93. The molecule has 0 saturated heterocycles. The zero-order valence-electron chi connectivity index (χ0n) is 9.31. The number of hydrogen-bond donors (Lipinski definition) is 0. The number of carbonyl (C=O) groups excluding carboxylic acids is 1. The van der Waals surface area contributed by atoms with E-state index >= 15 is 0 Å². The Bertz CT molecular complexity index is 541. The predicted octanol–water partition coefficient (Wildman–Crippen LogP) is 2.64. The lowest BCUT2D eigenvalue weighted by Crippen LogP contribution is -2.03. The largest absolute Gasteiger partial charge is 0.493 e. The van der Waals surface area contributed by atoms with Gasteiger partial charge in [0.1, 0.15) is 11.5 Å². The molecule has 0 N–H and O–H groups in total. The van der Waals surface area contributed by atoms with E-state index in [9.17, 15) is 4.79 Å². The molecule has 0 aliphatic carbocycles. The van der Waals surface area contributed by atoms with Crippen molar-refractivity contribution in [1.82, 2.24) is 0 Å². The summed E-state index contributed by atoms with van der Waals surface area (Å²) in [6.07, 6.45) is 2.78. The first-order valence-electron chi connectivity index (χ1n) is 5.64. The topological polar surface area (TPSA) is 39.4 Å². The highest BCUT2D eigenvalue weighted by atomic mass is 16.5. The van der Waals surface area contributed by atoms with Gasteiger partial charge in [0.15, 0.2) is 5.78 Å². The van der Waals surface area contributed by atoms with Gasteiger partial charge in [0.2, 0.25) is 0 Å². The van der Waals surface area contributed by atoms with Crippen molar-refractivity contribution in [1.29, 1.82) is 0 Å². The Labute approximate surface area is 99.0 Å². The molecule has 1 aromatic carbocycles. The van der Waals surface area contributed by atoms with Gasteiger partial charge in [-0.3, -0.25) is 4.79 Å². The van der Waals surface area contributed by atoms with Gasteiger partial charge in [0.05, 0.1) is 19.3 Å². The van der Waals surface area contributed by atoms with Crippen LogP contribution in [0.3, 0.4) is 0 Å². The molecule has 0 unspecified atom stereocenters.